The van der Waals surface area contributed by atoms with Crippen LogP contribution in [-0.2, 0) is 19.6 Å². The highest BCUT2D eigenvalue weighted by atomic mass is 32.2. The smallest absolute Gasteiger partial charge is 0.265 e. The van der Waals surface area contributed by atoms with Crippen molar-refractivity contribution in [3.63, 3.8) is 0 Å². The lowest BCUT2D eigenvalue weighted by Crippen LogP contribution is -2.42. The molecule has 1 amide bonds. The fourth-order valence-corrected chi connectivity index (χ4v) is 4.86. The Kier molecular flexibility index (Phi) is 5.52. The monoisotopic (exact) mass is 392 g/mol. The van der Waals surface area contributed by atoms with Crippen LogP contribution in [0.3, 0.4) is 0 Å². The molecule has 0 atom stereocenters. The van der Waals surface area contributed by atoms with Gasteiger partial charge in [0.15, 0.2) is 0 Å². The lowest BCUT2D eigenvalue weighted by atomic mass is 10.1. The van der Waals surface area contributed by atoms with Gasteiger partial charge in [-0.2, -0.15) is 5.10 Å². The largest absolute Gasteiger partial charge is 0.381 e. The number of benzene rings is 1. The van der Waals surface area contributed by atoms with Gasteiger partial charge in [-0.1, -0.05) is 0 Å². The van der Waals surface area contributed by atoms with Crippen molar-refractivity contribution < 1.29 is 17.9 Å². The molecule has 0 saturated carbocycles. The molecule has 1 saturated heterocycles. The maximum atomic E-state index is 12.6. The van der Waals surface area contributed by atoms with Gasteiger partial charge in [-0.15, -0.1) is 0 Å². The fourth-order valence-electron chi connectivity index (χ4n) is 3.43. The second-order valence-corrected chi connectivity index (χ2v) is 8.27. The molecule has 2 aromatic rings. The molecular formula is C18H24N4O4S. The molecule has 1 aliphatic heterocycles. The van der Waals surface area contributed by atoms with Gasteiger partial charge < -0.3 is 9.64 Å². The number of sulfonamides is 1. The molecule has 1 aromatic carbocycles. The van der Waals surface area contributed by atoms with Gasteiger partial charge in [0.1, 0.15) is 4.90 Å². The summed E-state index contributed by atoms with van der Waals surface area (Å²) in [4.78, 5) is 14.1. The average Bonchev–Trinajstić information content (AvgIpc) is 2.96. The molecule has 0 bridgehead atoms. The molecule has 0 unspecified atom stereocenters. The molecule has 146 valence electrons. The minimum Gasteiger partial charge on any atom is -0.381 e. The molecule has 3 rings (SSSR count). The molecule has 27 heavy (non-hydrogen) atoms. The Bertz CT molecular complexity index is 896. The highest BCUT2D eigenvalue weighted by Gasteiger charge is 2.26. The molecule has 0 spiro atoms. The Morgan fingerprint density at radius 3 is 2.37 bits per heavy atom. The quantitative estimate of drug-likeness (QED) is 0.813. The van der Waals surface area contributed by atoms with E-state index in [2.05, 4.69) is 14.9 Å². The van der Waals surface area contributed by atoms with Gasteiger partial charge in [0, 0.05) is 37.6 Å². The summed E-state index contributed by atoms with van der Waals surface area (Å²) in [6, 6.07) is 6.92. The molecule has 8 nitrogen and oxygen atoms in total. The zero-order chi connectivity index (χ0) is 19.6. The third-order valence-electron chi connectivity index (χ3n) is 4.62. The van der Waals surface area contributed by atoms with Gasteiger partial charge >= 0.3 is 0 Å². The molecule has 0 aliphatic carbocycles. The number of nitrogens with one attached hydrogen (secondary N) is 2. The summed E-state index contributed by atoms with van der Waals surface area (Å²) >= 11 is 0. The molecule has 2 heterocycles. The third-order valence-corrected chi connectivity index (χ3v) is 6.27. The highest BCUT2D eigenvalue weighted by molar-refractivity contribution is 7.92. The number of aryl methyl sites for hydroxylation is 2. The number of hydrogen-bond donors (Lipinski definition) is 2. The summed E-state index contributed by atoms with van der Waals surface area (Å²) in [5, 5.41) is 6.61. The van der Waals surface area contributed by atoms with Crippen LogP contribution < -0.4 is 9.62 Å². The normalized spacial score (nSPS) is 15.5. The van der Waals surface area contributed by atoms with Crippen LogP contribution in [0.25, 0.3) is 0 Å². The van der Waals surface area contributed by atoms with Gasteiger partial charge in [-0.25, -0.2) is 8.42 Å². The first kappa shape index (κ1) is 19.4. The lowest BCUT2D eigenvalue weighted by molar-refractivity contribution is -0.117. The SMILES string of the molecule is CC(=O)N(c1ccc(NS(=O)(=O)c2c(C)n[nH]c2C)cc1)C1CCOCC1. The second kappa shape index (κ2) is 7.69. The van der Waals surface area contributed by atoms with E-state index in [1.807, 2.05) is 0 Å². The number of rotatable bonds is 5. The van der Waals surface area contributed by atoms with E-state index in [0.29, 0.717) is 30.3 Å². The number of amides is 1. The number of nitrogens with zero attached hydrogens (tertiary/aromatic N) is 2. The standard InChI is InChI=1S/C18H24N4O4S/c1-12-18(13(2)20-19-12)27(24,25)21-15-4-6-16(7-5-15)22(14(3)23)17-8-10-26-11-9-17/h4-7,17,21H,8-11H2,1-3H3,(H,19,20). The number of aromatic nitrogens is 2. The number of hydrogen-bond acceptors (Lipinski definition) is 5. The summed E-state index contributed by atoms with van der Waals surface area (Å²) in [6.07, 6.45) is 1.57. The second-order valence-electron chi connectivity index (χ2n) is 6.65. The molecular weight excluding hydrogens is 368 g/mol. The maximum absolute atomic E-state index is 12.6. The zero-order valence-corrected chi connectivity index (χ0v) is 16.5. The van der Waals surface area contributed by atoms with Gasteiger partial charge in [0.05, 0.1) is 11.4 Å². The first-order valence-electron chi connectivity index (χ1n) is 8.81. The van der Waals surface area contributed by atoms with Gasteiger partial charge in [0.2, 0.25) is 5.91 Å². The van der Waals surface area contributed by atoms with E-state index in [0.717, 1.165) is 18.5 Å². The number of H-pyrrole nitrogens is 1. The zero-order valence-electron chi connectivity index (χ0n) is 15.7. The van der Waals surface area contributed by atoms with Crippen LogP contribution in [0.1, 0.15) is 31.2 Å². The third kappa shape index (κ3) is 4.14. The number of ether oxygens (including phenoxy) is 1. The van der Waals surface area contributed by atoms with Crippen LogP contribution in [0, 0.1) is 13.8 Å². The lowest BCUT2D eigenvalue weighted by Gasteiger charge is -2.33. The predicted molar refractivity (Wildman–Crippen MR) is 102 cm³/mol. The van der Waals surface area contributed by atoms with Crippen molar-refractivity contribution in [2.75, 3.05) is 22.8 Å². The molecule has 0 radical (unpaired) electrons. The fraction of sp³-hybridized carbons (Fsp3) is 0.444. The average molecular weight is 392 g/mol. The van der Waals surface area contributed by atoms with Gasteiger partial charge in [-0.3, -0.25) is 14.6 Å². The Balaban J connectivity index is 1.81. The summed E-state index contributed by atoms with van der Waals surface area (Å²) < 4.78 is 33.2. The Labute approximate surface area is 159 Å². The van der Waals surface area contributed by atoms with E-state index in [-0.39, 0.29) is 16.8 Å². The van der Waals surface area contributed by atoms with Gasteiger partial charge in [0.25, 0.3) is 10.0 Å². The summed E-state index contributed by atoms with van der Waals surface area (Å²) in [7, 11) is -3.74. The van der Waals surface area contributed by atoms with Gasteiger partial charge in [-0.05, 0) is 51.0 Å². The Hall–Kier alpha value is -2.39. The maximum Gasteiger partial charge on any atom is 0.265 e. The molecule has 1 fully saturated rings. The molecule has 1 aliphatic rings. The van der Waals surface area contributed by atoms with E-state index in [1.165, 1.54) is 6.92 Å². The topological polar surface area (TPSA) is 104 Å². The number of carbonyl (C=O) groups is 1. The first-order chi connectivity index (χ1) is 12.8. The Morgan fingerprint density at radius 2 is 1.85 bits per heavy atom. The van der Waals surface area contributed by atoms with Crippen molar-refractivity contribution in [2.45, 2.75) is 44.6 Å². The summed E-state index contributed by atoms with van der Waals surface area (Å²) in [5.41, 5.74) is 2.07. The number of anilines is 2. The molecule has 1 aromatic heterocycles. The van der Waals surface area contributed by atoms with Crippen LogP contribution in [0.2, 0.25) is 0 Å². The van der Waals surface area contributed by atoms with E-state index in [9.17, 15) is 13.2 Å². The minimum absolute atomic E-state index is 0.0418. The minimum atomic E-state index is -3.74. The van der Waals surface area contributed by atoms with E-state index in [1.54, 1.807) is 43.0 Å². The Morgan fingerprint density at radius 1 is 1.22 bits per heavy atom. The van der Waals surface area contributed by atoms with Crippen molar-refractivity contribution in [1.82, 2.24) is 10.2 Å². The van der Waals surface area contributed by atoms with Crippen molar-refractivity contribution >= 4 is 27.3 Å². The first-order valence-corrected chi connectivity index (χ1v) is 10.3. The highest BCUT2D eigenvalue weighted by Crippen LogP contribution is 2.26. The van der Waals surface area contributed by atoms with Crippen LogP contribution in [0.15, 0.2) is 29.2 Å². The van der Waals surface area contributed by atoms with Crippen LogP contribution in [0.4, 0.5) is 11.4 Å². The van der Waals surface area contributed by atoms with E-state index >= 15 is 0 Å². The van der Waals surface area contributed by atoms with Crippen LogP contribution in [-0.4, -0.2) is 43.8 Å². The van der Waals surface area contributed by atoms with Crippen molar-refractivity contribution in [3.05, 3.63) is 35.7 Å². The summed E-state index contributed by atoms with van der Waals surface area (Å²) in [6.45, 7) is 6.11. The van der Waals surface area contributed by atoms with Crippen molar-refractivity contribution in [2.24, 2.45) is 0 Å². The van der Waals surface area contributed by atoms with Crippen molar-refractivity contribution in [3.8, 4) is 0 Å². The molecule has 2 N–H and O–H groups in total. The predicted octanol–water partition coefficient (Wildman–Crippen LogP) is 2.36. The van der Waals surface area contributed by atoms with Crippen LogP contribution >= 0.6 is 0 Å². The number of aromatic amines is 1. The summed E-state index contributed by atoms with van der Waals surface area (Å²) in [5.74, 6) is -0.0418. The van der Waals surface area contributed by atoms with Crippen LogP contribution in [0.5, 0.6) is 0 Å². The molecule has 9 heteroatoms. The van der Waals surface area contributed by atoms with Crippen molar-refractivity contribution in [1.29, 1.82) is 0 Å². The van der Waals surface area contributed by atoms with E-state index in [4.69, 9.17) is 4.74 Å². The van der Waals surface area contributed by atoms with E-state index < -0.39 is 10.0 Å². The number of carbonyl (C=O) groups excluding carboxylic acids is 1.